The minimum Gasteiger partial charge on any atom is -0.485 e. The Hall–Kier alpha value is -1.96. The van der Waals surface area contributed by atoms with Crippen molar-refractivity contribution >= 4 is 13.9 Å². The molecule has 2 heteroatoms. The molecule has 2 aromatic carbocycles. The summed E-state index contributed by atoms with van der Waals surface area (Å²) in [5.74, 6) is 3.01. The lowest BCUT2D eigenvalue weighted by atomic mass is 10.0. The van der Waals surface area contributed by atoms with Gasteiger partial charge in [-0.15, -0.1) is 5.98 Å². The third kappa shape index (κ3) is 4.25. The maximum Gasteiger partial charge on any atom is 0.129 e. The van der Waals surface area contributed by atoms with Crippen molar-refractivity contribution in [3.8, 4) is 5.75 Å². The van der Waals surface area contributed by atoms with Crippen molar-refractivity contribution in [2.75, 3.05) is 0 Å². The lowest BCUT2D eigenvalue weighted by Crippen LogP contribution is -2.08. The summed E-state index contributed by atoms with van der Waals surface area (Å²) >= 11 is 0. The Kier molecular flexibility index (Phi) is 5.68. The molecule has 2 rings (SSSR count). The van der Waals surface area contributed by atoms with Crippen molar-refractivity contribution < 1.29 is 4.74 Å². The molecule has 108 valence electrons. The average Bonchev–Trinajstić information content (AvgIpc) is 2.50. The van der Waals surface area contributed by atoms with Gasteiger partial charge in [0.25, 0.3) is 0 Å². The molecule has 2 aromatic rings. The van der Waals surface area contributed by atoms with E-state index >= 15 is 0 Å². The van der Waals surface area contributed by atoms with E-state index < -0.39 is 0 Å². The quantitative estimate of drug-likeness (QED) is 0.706. The lowest BCUT2D eigenvalue weighted by Gasteiger charge is -2.20. The Morgan fingerprint density at radius 2 is 1.90 bits per heavy atom. The molecule has 0 spiro atoms. The van der Waals surface area contributed by atoms with Crippen LogP contribution in [0.25, 0.3) is 6.08 Å². The zero-order valence-corrected chi connectivity index (χ0v) is 13.2. The number of benzene rings is 2. The van der Waals surface area contributed by atoms with E-state index in [9.17, 15) is 0 Å². The van der Waals surface area contributed by atoms with Gasteiger partial charge in [-0.2, -0.15) is 0 Å². The topological polar surface area (TPSA) is 9.23 Å². The van der Waals surface area contributed by atoms with Crippen molar-refractivity contribution in [1.29, 1.82) is 0 Å². The Morgan fingerprint density at radius 3 is 2.57 bits per heavy atom. The van der Waals surface area contributed by atoms with Gasteiger partial charge in [0, 0.05) is 5.56 Å². The predicted molar refractivity (Wildman–Crippen MR) is 93.5 cm³/mol. The van der Waals surface area contributed by atoms with Crippen LogP contribution in [0.1, 0.15) is 42.6 Å². The van der Waals surface area contributed by atoms with E-state index in [-0.39, 0.29) is 6.10 Å². The van der Waals surface area contributed by atoms with Gasteiger partial charge in [-0.3, -0.25) is 0 Å². The summed E-state index contributed by atoms with van der Waals surface area (Å²) in [5, 5.41) is 0. The number of hydrogen-bond donors (Lipinski definition) is 0. The maximum absolute atomic E-state index is 6.33. The fourth-order valence-electron chi connectivity index (χ4n) is 2.46. The molecule has 0 heterocycles. The van der Waals surface area contributed by atoms with Crippen LogP contribution in [0.15, 0.2) is 54.5 Å². The third-order valence-corrected chi connectivity index (χ3v) is 3.50. The second-order valence-corrected chi connectivity index (χ2v) is 5.35. The molecule has 21 heavy (non-hydrogen) atoms. The Labute approximate surface area is 129 Å². The minimum atomic E-state index is 0.114. The van der Waals surface area contributed by atoms with Crippen molar-refractivity contribution in [3.05, 3.63) is 71.2 Å². The highest BCUT2D eigenvalue weighted by Gasteiger charge is 2.13. The zero-order valence-electron chi connectivity index (χ0n) is 13.2. The van der Waals surface area contributed by atoms with E-state index in [1.54, 1.807) is 0 Å². The maximum atomic E-state index is 6.33. The van der Waals surface area contributed by atoms with Crippen molar-refractivity contribution in [2.24, 2.45) is 0 Å². The summed E-state index contributed by atoms with van der Waals surface area (Å²) in [5.41, 5.74) is 3.64. The molecule has 0 aliphatic carbocycles. The molecule has 0 aliphatic heterocycles. The van der Waals surface area contributed by atoms with Crippen molar-refractivity contribution in [1.82, 2.24) is 0 Å². The number of hydrogen-bond acceptors (Lipinski definition) is 1. The van der Waals surface area contributed by atoms with Gasteiger partial charge in [0.05, 0.1) is 0 Å². The number of aryl methyl sites for hydroxylation is 1. The molecule has 0 saturated heterocycles. The van der Waals surface area contributed by atoms with E-state index in [1.165, 1.54) is 11.1 Å². The van der Waals surface area contributed by atoms with Gasteiger partial charge in [-0.05, 0) is 31.0 Å². The largest absolute Gasteiger partial charge is 0.485 e. The van der Waals surface area contributed by atoms with E-state index in [2.05, 4.69) is 68.4 Å². The van der Waals surface area contributed by atoms with Gasteiger partial charge in [0.15, 0.2) is 0 Å². The van der Waals surface area contributed by atoms with Crippen LogP contribution in [-0.4, -0.2) is 7.85 Å². The summed E-state index contributed by atoms with van der Waals surface area (Å²) in [6, 6.07) is 16.8. The van der Waals surface area contributed by atoms with E-state index in [0.717, 1.165) is 24.2 Å². The van der Waals surface area contributed by atoms with Crippen molar-refractivity contribution in [3.63, 3.8) is 0 Å². The molecule has 0 bridgehead atoms. The van der Waals surface area contributed by atoms with E-state index in [0.29, 0.717) is 0 Å². The fourth-order valence-corrected chi connectivity index (χ4v) is 2.46. The van der Waals surface area contributed by atoms with Gasteiger partial charge in [0.2, 0.25) is 0 Å². The molecular formula is C19H23BO. The normalized spacial score (nSPS) is 12.5. The van der Waals surface area contributed by atoms with Gasteiger partial charge in [-0.1, -0.05) is 61.4 Å². The van der Waals surface area contributed by atoms with Crippen LogP contribution in [0, 0.1) is 6.92 Å². The molecule has 1 nitrogen and oxygen atoms in total. The standard InChI is InChI=1S/C19H23BO/c1-3-7-18(16-8-5-4-6-9-16)21-19-11-10-15(2)14-17(19)12-13-20/h4-6,8-14,18H,3,7,20H2,1-2H3. The highest BCUT2D eigenvalue weighted by molar-refractivity contribution is 6.19. The molecule has 0 amide bonds. The van der Waals surface area contributed by atoms with Crippen molar-refractivity contribution in [2.45, 2.75) is 32.8 Å². The molecule has 0 N–H and O–H groups in total. The van der Waals surface area contributed by atoms with Gasteiger partial charge < -0.3 is 4.74 Å². The fraction of sp³-hybridized carbons (Fsp3) is 0.263. The summed E-state index contributed by atoms with van der Waals surface area (Å²) in [6.45, 7) is 4.30. The molecule has 0 aromatic heterocycles. The summed E-state index contributed by atoms with van der Waals surface area (Å²) in [6.07, 6.45) is 4.34. The molecule has 1 atom stereocenters. The summed E-state index contributed by atoms with van der Waals surface area (Å²) in [7, 11) is 2.03. The van der Waals surface area contributed by atoms with Crippen LogP contribution >= 0.6 is 0 Å². The van der Waals surface area contributed by atoms with Crippen LogP contribution in [0.5, 0.6) is 5.75 Å². The average molecular weight is 278 g/mol. The number of rotatable bonds is 6. The molecular weight excluding hydrogens is 255 g/mol. The van der Waals surface area contributed by atoms with Gasteiger partial charge in [-0.25, -0.2) is 0 Å². The first-order chi connectivity index (χ1) is 10.2. The Balaban J connectivity index is 2.29. The third-order valence-electron chi connectivity index (χ3n) is 3.50. The first-order valence-corrected chi connectivity index (χ1v) is 7.69. The van der Waals surface area contributed by atoms with Gasteiger partial charge >= 0.3 is 0 Å². The molecule has 0 radical (unpaired) electrons. The number of ether oxygens (including phenoxy) is 1. The van der Waals surface area contributed by atoms with E-state index in [1.807, 2.05) is 13.9 Å². The van der Waals surface area contributed by atoms with Crippen LogP contribution < -0.4 is 4.74 Å². The highest BCUT2D eigenvalue weighted by Crippen LogP contribution is 2.29. The SMILES string of the molecule is BC=Cc1cc(C)ccc1OC(CCC)c1ccccc1. The first kappa shape index (κ1) is 15.4. The van der Waals surface area contributed by atoms with Crippen LogP contribution in [0.2, 0.25) is 0 Å². The summed E-state index contributed by atoms with van der Waals surface area (Å²) < 4.78 is 6.33. The van der Waals surface area contributed by atoms with Crippen LogP contribution in [0.3, 0.4) is 0 Å². The molecule has 1 unspecified atom stereocenters. The molecule has 0 aliphatic rings. The Morgan fingerprint density at radius 1 is 1.14 bits per heavy atom. The minimum absolute atomic E-state index is 0.114. The van der Waals surface area contributed by atoms with Gasteiger partial charge in [0.1, 0.15) is 19.7 Å². The second kappa shape index (κ2) is 7.73. The molecule has 0 fully saturated rings. The first-order valence-electron chi connectivity index (χ1n) is 7.69. The monoisotopic (exact) mass is 278 g/mol. The predicted octanol–water partition coefficient (Wildman–Crippen LogP) is 4.52. The summed E-state index contributed by atoms with van der Waals surface area (Å²) in [4.78, 5) is 0. The smallest absolute Gasteiger partial charge is 0.129 e. The van der Waals surface area contributed by atoms with E-state index in [4.69, 9.17) is 4.74 Å². The highest BCUT2D eigenvalue weighted by atomic mass is 16.5. The lowest BCUT2D eigenvalue weighted by molar-refractivity contribution is 0.193. The second-order valence-electron chi connectivity index (χ2n) is 5.35. The Bertz CT molecular complexity index is 590. The zero-order chi connectivity index (χ0) is 15.1. The molecule has 0 saturated carbocycles. The van der Waals surface area contributed by atoms with Crippen LogP contribution in [-0.2, 0) is 0 Å². The van der Waals surface area contributed by atoms with Crippen LogP contribution in [0.4, 0.5) is 0 Å².